The highest BCUT2D eigenvalue weighted by Gasteiger charge is 2.49. The van der Waals surface area contributed by atoms with E-state index in [1.165, 1.54) is 28.0 Å². The predicted molar refractivity (Wildman–Crippen MR) is 183 cm³/mol. The van der Waals surface area contributed by atoms with Crippen LogP contribution in [0, 0.1) is 6.92 Å². The number of thioether (sulfide) groups is 1. The number of hydrogen-bond donors (Lipinski definition) is 1. The van der Waals surface area contributed by atoms with Crippen molar-refractivity contribution in [3.63, 3.8) is 0 Å². The Labute approximate surface area is 281 Å². The number of aliphatic hydroxyl groups is 1. The molecule has 1 amide bonds. The first-order valence-electron chi connectivity index (χ1n) is 15.6. The molecule has 1 aliphatic heterocycles. The first-order chi connectivity index (χ1) is 22.9. The van der Waals surface area contributed by atoms with E-state index in [0.29, 0.717) is 57.4 Å². The molecule has 12 heteroatoms. The highest BCUT2D eigenvalue weighted by molar-refractivity contribution is 8.00. The van der Waals surface area contributed by atoms with Crippen LogP contribution in [0.4, 0.5) is 5.13 Å². The lowest BCUT2D eigenvalue weighted by Gasteiger charge is -2.23. The standard InChI is InChI=1S/C35H35N5O5S2/c1-4-6-12-19-45-25-17-16-24(20-26(25)44-5-2)30-28(31(41)29-22(3)36-27-15-10-11-18-39(27)29)32(42)33(43)40(30)34-37-38-35(47-34)46-21-23-13-8-7-9-14-23/h7-11,13-18,20,30,41H,4-6,12,19,21H2,1-3H3/b31-28+. The summed E-state index contributed by atoms with van der Waals surface area (Å²) in [6, 6.07) is 19.8. The van der Waals surface area contributed by atoms with Gasteiger partial charge in [-0.2, -0.15) is 0 Å². The van der Waals surface area contributed by atoms with Crippen LogP contribution in [0.25, 0.3) is 11.4 Å². The fourth-order valence-corrected chi connectivity index (χ4v) is 7.39. The van der Waals surface area contributed by atoms with Gasteiger partial charge in [-0.05, 0) is 55.7 Å². The quantitative estimate of drug-likeness (QED) is 0.0342. The first-order valence-corrected chi connectivity index (χ1v) is 17.4. The van der Waals surface area contributed by atoms with Gasteiger partial charge in [-0.3, -0.25) is 18.9 Å². The van der Waals surface area contributed by atoms with E-state index < -0.39 is 17.7 Å². The second kappa shape index (κ2) is 14.4. The lowest BCUT2D eigenvalue weighted by atomic mass is 9.96. The summed E-state index contributed by atoms with van der Waals surface area (Å²) in [5, 5.41) is 20.8. The van der Waals surface area contributed by atoms with Crippen LogP contribution in [0.3, 0.4) is 0 Å². The lowest BCUT2D eigenvalue weighted by Crippen LogP contribution is -2.29. The highest BCUT2D eigenvalue weighted by Crippen LogP contribution is 2.46. The van der Waals surface area contributed by atoms with E-state index in [1.54, 1.807) is 35.7 Å². The Morgan fingerprint density at radius 1 is 0.979 bits per heavy atom. The van der Waals surface area contributed by atoms with Gasteiger partial charge in [0.05, 0.1) is 30.5 Å². The Balaban J connectivity index is 1.45. The number of amides is 1. The Hall–Kier alpha value is -4.68. The van der Waals surface area contributed by atoms with Gasteiger partial charge in [0, 0.05) is 11.9 Å². The average molecular weight is 670 g/mol. The summed E-state index contributed by atoms with van der Waals surface area (Å²) < 4.78 is 14.4. The molecule has 0 aliphatic carbocycles. The number of benzene rings is 2. The van der Waals surface area contributed by atoms with Crippen molar-refractivity contribution >= 4 is 51.3 Å². The molecular formula is C35H35N5O5S2. The van der Waals surface area contributed by atoms with Gasteiger partial charge < -0.3 is 14.6 Å². The first kappa shape index (κ1) is 32.3. The molecule has 47 heavy (non-hydrogen) atoms. The second-order valence-corrected chi connectivity index (χ2v) is 13.1. The van der Waals surface area contributed by atoms with Gasteiger partial charge in [0.2, 0.25) is 5.13 Å². The molecule has 3 aromatic heterocycles. The molecule has 1 N–H and O–H groups in total. The maximum atomic E-state index is 13.9. The summed E-state index contributed by atoms with van der Waals surface area (Å²) >= 11 is 2.71. The SMILES string of the molecule is CCCCCOc1ccc(C2/C(=C(\O)c3c(C)nc4ccccn34)C(=O)C(=O)N2c2nnc(SCc3ccccc3)s2)cc1OCC. The zero-order valence-corrected chi connectivity index (χ0v) is 28.0. The second-order valence-electron chi connectivity index (χ2n) is 11.0. The van der Waals surface area contributed by atoms with Crippen LogP contribution in [0.1, 0.15) is 61.7 Å². The number of Topliss-reactive ketones (excluding diaryl/α,β-unsaturated/α-hetero) is 1. The van der Waals surface area contributed by atoms with Crippen LogP contribution in [-0.2, 0) is 15.3 Å². The lowest BCUT2D eigenvalue weighted by molar-refractivity contribution is -0.132. The summed E-state index contributed by atoms with van der Waals surface area (Å²) in [6.45, 7) is 6.69. The van der Waals surface area contributed by atoms with Crippen molar-refractivity contribution in [1.29, 1.82) is 0 Å². The van der Waals surface area contributed by atoms with Crippen molar-refractivity contribution in [3.05, 3.63) is 101 Å². The molecular weight excluding hydrogens is 635 g/mol. The van der Waals surface area contributed by atoms with E-state index in [-0.39, 0.29) is 16.5 Å². The van der Waals surface area contributed by atoms with E-state index in [4.69, 9.17) is 9.47 Å². The van der Waals surface area contributed by atoms with Gasteiger partial charge in [-0.1, -0.05) is 85.3 Å². The molecule has 242 valence electrons. The third-order valence-electron chi connectivity index (χ3n) is 7.77. The Kier molecular flexibility index (Phi) is 9.88. The van der Waals surface area contributed by atoms with Crippen molar-refractivity contribution in [2.24, 2.45) is 0 Å². The van der Waals surface area contributed by atoms with E-state index in [0.717, 1.165) is 24.8 Å². The van der Waals surface area contributed by atoms with Crippen molar-refractivity contribution in [3.8, 4) is 11.5 Å². The summed E-state index contributed by atoms with van der Waals surface area (Å²) in [7, 11) is 0. The molecule has 2 aromatic carbocycles. The predicted octanol–water partition coefficient (Wildman–Crippen LogP) is 7.38. The number of imidazole rings is 1. The van der Waals surface area contributed by atoms with E-state index >= 15 is 0 Å². The molecule has 0 saturated carbocycles. The van der Waals surface area contributed by atoms with Crippen LogP contribution < -0.4 is 14.4 Å². The third-order valence-corrected chi connectivity index (χ3v) is 9.90. The number of aliphatic hydroxyl groups excluding tert-OH is 1. The van der Waals surface area contributed by atoms with Gasteiger partial charge in [-0.15, -0.1) is 10.2 Å². The van der Waals surface area contributed by atoms with Crippen LogP contribution in [0.15, 0.2) is 82.8 Å². The van der Waals surface area contributed by atoms with E-state index in [9.17, 15) is 14.7 Å². The van der Waals surface area contributed by atoms with Crippen LogP contribution >= 0.6 is 23.1 Å². The Bertz CT molecular complexity index is 1940. The van der Waals surface area contributed by atoms with Gasteiger partial charge in [-0.25, -0.2) is 4.98 Å². The zero-order chi connectivity index (χ0) is 32.9. The minimum Gasteiger partial charge on any atom is -0.505 e. The minimum absolute atomic E-state index is 0.0727. The summed E-state index contributed by atoms with van der Waals surface area (Å²) in [5.74, 6) is -0.247. The van der Waals surface area contributed by atoms with Gasteiger partial charge >= 0.3 is 5.91 Å². The molecule has 1 unspecified atom stereocenters. The number of nitrogens with zero attached hydrogens (tertiary/aromatic N) is 5. The fourth-order valence-electron chi connectivity index (χ4n) is 5.57. The number of ketones is 1. The molecule has 0 spiro atoms. The number of ether oxygens (including phenoxy) is 2. The smallest absolute Gasteiger partial charge is 0.301 e. The molecule has 1 aliphatic rings. The molecule has 6 rings (SSSR count). The molecule has 0 radical (unpaired) electrons. The third kappa shape index (κ3) is 6.61. The Morgan fingerprint density at radius 3 is 2.57 bits per heavy atom. The number of rotatable bonds is 13. The molecule has 10 nitrogen and oxygen atoms in total. The highest BCUT2D eigenvalue weighted by atomic mass is 32.2. The number of hydrogen-bond acceptors (Lipinski definition) is 10. The van der Waals surface area contributed by atoms with Crippen LogP contribution in [-0.4, -0.2) is 49.6 Å². The van der Waals surface area contributed by atoms with Crippen LogP contribution in [0.5, 0.6) is 11.5 Å². The molecule has 0 bridgehead atoms. The van der Waals surface area contributed by atoms with Crippen molar-refractivity contribution < 1.29 is 24.2 Å². The molecule has 1 saturated heterocycles. The molecule has 4 heterocycles. The summed E-state index contributed by atoms with van der Waals surface area (Å²) in [5.41, 5.74) is 3.05. The minimum atomic E-state index is -1.02. The molecule has 1 fully saturated rings. The number of pyridine rings is 1. The number of aryl methyl sites for hydroxylation is 1. The average Bonchev–Trinajstić information content (AvgIpc) is 3.76. The van der Waals surface area contributed by atoms with E-state index in [2.05, 4.69) is 22.1 Å². The van der Waals surface area contributed by atoms with Crippen molar-refractivity contribution in [2.75, 3.05) is 18.1 Å². The largest absolute Gasteiger partial charge is 0.505 e. The monoisotopic (exact) mass is 669 g/mol. The number of anilines is 1. The topological polar surface area (TPSA) is 119 Å². The van der Waals surface area contributed by atoms with E-state index in [1.807, 2.05) is 55.5 Å². The van der Waals surface area contributed by atoms with Crippen molar-refractivity contribution in [2.45, 2.75) is 56.2 Å². The fraction of sp³-hybridized carbons (Fsp3) is 0.286. The van der Waals surface area contributed by atoms with Gasteiger partial charge in [0.1, 0.15) is 11.3 Å². The number of unbranched alkanes of at least 4 members (excludes halogenated alkanes) is 2. The van der Waals surface area contributed by atoms with Gasteiger partial charge in [0.15, 0.2) is 21.6 Å². The summed E-state index contributed by atoms with van der Waals surface area (Å²) in [6.07, 6.45) is 4.79. The number of carbonyl (C=O) groups is 2. The van der Waals surface area contributed by atoms with Crippen molar-refractivity contribution in [1.82, 2.24) is 19.6 Å². The Morgan fingerprint density at radius 2 is 1.79 bits per heavy atom. The maximum Gasteiger partial charge on any atom is 0.301 e. The molecule has 5 aromatic rings. The number of aromatic nitrogens is 4. The number of fused-ring (bicyclic) bond motifs is 1. The zero-order valence-electron chi connectivity index (χ0n) is 26.4. The molecule has 1 atom stereocenters. The van der Waals surface area contributed by atoms with Crippen LogP contribution in [0.2, 0.25) is 0 Å². The van der Waals surface area contributed by atoms with Gasteiger partial charge in [0.25, 0.3) is 5.78 Å². The normalized spacial score (nSPS) is 15.9. The number of carbonyl (C=O) groups excluding carboxylic acids is 2. The maximum absolute atomic E-state index is 13.9. The summed E-state index contributed by atoms with van der Waals surface area (Å²) in [4.78, 5) is 33.7.